The van der Waals surface area contributed by atoms with Crippen molar-refractivity contribution >= 4 is 23.2 Å². The molecule has 6 nitrogen and oxygen atoms in total. The molecular weight excluding hydrogens is 328 g/mol. The molecule has 24 heavy (non-hydrogen) atoms. The van der Waals surface area contributed by atoms with Gasteiger partial charge >= 0.3 is 0 Å². The van der Waals surface area contributed by atoms with Crippen LogP contribution in [0.15, 0.2) is 36.7 Å². The van der Waals surface area contributed by atoms with Crippen molar-refractivity contribution in [3.8, 4) is 5.88 Å². The van der Waals surface area contributed by atoms with Gasteiger partial charge in [0.15, 0.2) is 0 Å². The van der Waals surface area contributed by atoms with Crippen molar-refractivity contribution in [2.24, 2.45) is 11.7 Å². The van der Waals surface area contributed by atoms with Crippen molar-refractivity contribution in [1.29, 1.82) is 0 Å². The highest BCUT2D eigenvalue weighted by Crippen LogP contribution is 2.25. The average Bonchev–Trinajstić information content (AvgIpc) is 2.61. The Morgan fingerprint density at radius 2 is 2.25 bits per heavy atom. The number of halogens is 1. The number of nitrogens with two attached hydrogens (primary N) is 1. The second-order valence-corrected chi connectivity index (χ2v) is 6.23. The van der Waals surface area contributed by atoms with Gasteiger partial charge in [-0.15, -0.1) is 0 Å². The predicted molar refractivity (Wildman–Crippen MR) is 92.4 cm³/mol. The van der Waals surface area contributed by atoms with Crippen molar-refractivity contribution in [2.75, 3.05) is 24.6 Å². The molecule has 1 fully saturated rings. The minimum atomic E-state index is -0.515. The molecule has 1 aliphatic heterocycles. The maximum atomic E-state index is 11.3. The quantitative estimate of drug-likeness (QED) is 0.899. The third kappa shape index (κ3) is 3.94. The number of hydrogen-bond donors (Lipinski definition) is 1. The van der Waals surface area contributed by atoms with Gasteiger partial charge in [0.25, 0.3) is 5.91 Å². The number of anilines is 1. The number of amides is 1. The third-order valence-corrected chi connectivity index (χ3v) is 4.35. The van der Waals surface area contributed by atoms with E-state index in [2.05, 4.69) is 14.9 Å². The summed E-state index contributed by atoms with van der Waals surface area (Å²) in [7, 11) is 0. The van der Waals surface area contributed by atoms with E-state index in [0.717, 1.165) is 31.6 Å². The van der Waals surface area contributed by atoms with E-state index < -0.39 is 5.91 Å². The lowest BCUT2D eigenvalue weighted by atomic mass is 9.98. The first-order valence-electron chi connectivity index (χ1n) is 7.87. The highest BCUT2D eigenvalue weighted by atomic mass is 35.5. The second kappa shape index (κ2) is 7.49. The first-order chi connectivity index (χ1) is 11.6. The van der Waals surface area contributed by atoms with Gasteiger partial charge < -0.3 is 15.4 Å². The van der Waals surface area contributed by atoms with Crippen molar-refractivity contribution in [1.82, 2.24) is 9.97 Å². The summed E-state index contributed by atoms with van der Waals surface area (Å²) in [5.74, 6) is 0.316. The van der Waals surface area contributed by atoms with Gasteiger partial charge in [0.1, 0.15) is 10.7 Å². The molecule has 7 heteroatoms. The summed E-state index contributed by atoms with van der Waals surface area (Å²) in [5.41, 5.74) is 6.55. The highest BCUT2D eigenvalue weighted by Gasteiger charge is 2.22. The molecule has 0 aliphatic carbocycles. The van der Waals surface area contributed by atoms with Gasteiger partial charge in [0.2, 0.25) is 5.88 Å². The van der Waals surface area contributed by atoms with Gasteiger partial charge in [-0.2, -0.15) is 0 Å². The largest absolute Gasteiger partial charge is 0.476 e. The van der Waals surface area contributed by atoms with Gasteiger partial charge in [0, 0.05) is 37.1 Å². The molecule has 1 amide bonds. The lowest BCUT2D eigenvalue weighted by Crippen LogP contribution is -2.38. The number of carbonyl (C=O) groups is 1. The van der Waals surface area contributed by atoms with Crippen LogP contribution in [0.1, 0.15) is 23.3 Å². The summed E-state index contributed by atoms with van der Waals surface area (Å²) in [4.78, 5) is 21.7. The van der Waals surface area contributed by atoms with Gasteiger partial charge in [-0.05, 0) is 37.1 Å². The third-order valence-electron chi connectivity index (χ3n) is 4.06. The maximum Gasteiger partial charge on any atom is 0.267 e. The van der Waals surface area contributed by atoms with E-state index in [4.69, 9.17) is 22.1 Å². The number of hydrogen-bond acceptors (Lipinski definition) is 5. The predicted octanol–water partition coefficient (Wildman–Crippen LogP) is 2.52. The molecule has 3 heterocycles. The number of aromatic nitrogens is 2. The zero-order chi connectivity index (χ0) is 16.9. The van der Waals surface area contributed by atoms with E-state index in [1.807, 2.05) is 6.07 Å². The van der Waals surface area contributed by atoms with Gasteiger partial charge in [0.05, 0.1) is 6.61 Å². The van der Waals surface area contributed by atoms with Crippen LogP contribution < -0.4 is 15.4 Å². The summed E-state index contributed by atoms with van der Waals surface area (Å²) in [6.45, 7) is 2.33. The van der Waals surface area contributed by atoms with Crippen LogP contribution in [0.25, 0.3) is 0 Å². The summed E-state index contributed by atoms with van der Waals surface area (Å²) >= 11 is 6.06. The Kier molecular flexibility index (Phi) is 5.15. The number of nitrogens with zero attached hydrogens (tertiary/aromatic N) is 3. The highest BCUT2D eigenvalue weighted by molar-refractivity contribution is 6.31. The molecule has 0 saturated carbocycles. The molecule has 126 valence electrons. The summed E-state index contributed by atoms with van der Waals surface area (Å²) in [6.07, 6.45) is 5.41. The van der Waals surface area contributed by atoms with Crippen LogP contribution in [0.5, 0.6) is 5.88 Å². The number of pyridine rings is 2. The van der Waals surface area contributed by atoms with Crippen molar-refractivity contribution in [2.45, 2.75) is 12.8 Å². The number of ether oxygens (including phenoxy) is 1. The molecule has 0 aromatic carbocycles. The van der Waals surface area contributed by atoms with Gasteiger partial charge in [-0.1, -0.05) is 11.6 Å². The topological polar surface area (TPSA) is 81.3 Å². The molecule has 1 atom stereocenters. The van der Waals surface area contributed by atoms with E-state index >= 15 is 0 Å². The smallest absolute Gasteiger partial charge is 0.267 e. The summed E-state index contributed by atoms with van der Waals surface area (Å²) in [6, 6.07) is 7.17. The van der Waals surface area contributed by atoms with E-state index in [-0.39, 0.29) is 5.69 Å². The second-order valence-electron chi connectivity index (χ2n) is 5.82. The molecule has 0 spiro atoms. The van der Waals surface area contributed by atoms with Crippen LogP contribution in [0, 0.1) is 5.92 Å². The number of piperidine rings is 1. The molecule has 2 N–H and O–H groups in total. The van der Waals surface area contributed by atoms with Crippen LogP contribution in [-0.4, -0.2) is 35.6 Å². The normalized spacial score (nSPS) is 17.5. The SMILES string of the molecule is NC(=O)c1cc(N2CCCC(COc3ncccc3Cl)C2)ccn1. The number of rotatable bonds is 5. The molecule has 2 aromatic rings. The Bertz CT molecular complexity index is 725. The molecule has 0 radical (unpaired) electrons. The zero-order valence-corrected chi connectivity index (χ0v) is 13.9. The van der Waals surface area contributed by atoms with Gasteiger partial charge in [-0.25, -0.2) is 4.98 Å². The average molecular weight is 347 g/mol. The monoisotopic (exact) mass is 346 g/mol. The Morgan fingerprint density at radius 3 is 3.04 bits per heavy atom. The van der Waals surface area contributed by atoms with Crippen LogP contribution in [-0.2, 0) is 0 Å². The Hall–Kier alpha value is -2.34. The molecule has 1 saturated heterocycles. The molecule has 0 bridgehead atoms. The van der Waals surface area contributed by atoms with Crippen LogP contribution in [0.2, 0.25) is 5.02 Å². The first kappa shape index (κ1) is 16.5. The van der Waals surface area contributed by atoms with Crippen molar-refractivity contribution < 1.29 is 9.53 Å². The van der Waals surface area contributed by atoms with E-state index in [1.54, 1.807) is 30.6 Å². The molecule has 1 aliphatic rings. The molecule has 1 unspecified atom stereocenters. The van der Waals surface area contributed by atoms with E-state index in [0.29, 0.717) is 23.4 Å². The van der Waals surface area contributed by atoms with Crippen molar-refractivity contribution in [3.63, 3.8) is 0 Å². The lowest BCUT2D eigenvalue weighted by molar-refractivity contribution is 0.0995. The Morgan fingerprint density at radius 1 is 1.38 bits per heavy atom. The van der Waals surface area contributed by atoms with Crippen LogP contribution in [0.3, 0.4) is 0 Å². The minimum absolute atomic E-state index is 0.283. The van der Waals surface area contributed by atoms with E-state index in [1.165, 1.54) is 0 Å². The fourth-order valence-electron chi connectivity index (χ4n) is 2.86. The number of carbonyl (C=O) groups excluding carboxylic acids is 1. The molecule has 3 rings (SSSR count). The fraction of sp³-hybridized carbons (Fsp3) is 0.353. The fourth-order valence-corrected chi connectivity index (χ4v) is 3.04. The van der Waals surface area contributed by atoms with Gasteiger partial charge in [-0.3, -0.25) is 9.78 Å². The lowest BCUT2D eigenvalue weighted by Gasteiger charge is -2.34. The maximum absolute atomic E-state index is 11.3. The van der Waals surface area contributed by atoms with Crippen LogP contribution in [0.4, 0.5) is 5.69 Å². The summed E-state index contributed by atoms with van der Waals surface area (Å²) < 4.78 is 5.77. The Labute approximate surface area is 145 Å². The molecular formula is C17H19ClN4O2. The van der Waals surface area contributed by atoms with Crippen molar-refractivity contribution in [3.05, 3.63) is 47.4 Å². The summed E-state index contributed by atoms with van der Waals surface area (Å²) in [5, 5.41) is 0.519. The Balaban J connectivity index is 1.63. The zero-order valence-electron chi connectivity index (χ0n) is 13.2. The van der Waals surface area contributed by atoms with E-state index in [9.17, 15) is 4.79 Å². The van der Waals surface area contributed by atoms with Crippen LogP contribution >= 0.6 is 11.6 Å². The first-order valence-corrected chi connectivity index (χ1v) is 8.25. The molecule has 2 aromatic heterocycles. The minimum Gasteiger partial charge on any atom is -0.476 e. The standard InChI is InChI=1S/C17H19ClN4O2/c18-14-4-1-6-21-17(14)24-11-12-3-2-8-22(10-12)13-5-7-20-15(9-13)16(19)23/h1,4-7,9,12H,2-3,8,10-11H2,(H2,19,23). The number of primary amides is 1.